The Morgan fingerprint density at radius 3 is 2.48 bits per heavy atom. The van der Waals surface area contributed by atoms with Crippen LogP contribution in [0, 0.1) is 0 Å². The van der Waals surface area contributed by atoms with Crippen molar-refractivity contribution in [1.82, 2.24) is 5.43 Å². The van der Waals surface area contributed by atoms with Crippen LogP contribution in [0.1, 0.15) is 23.0 Å². The maximum absolute atomic E-state index is 11.6. The predicted molar refractivity (Wildman–Crippen MR) is 75.1 cm³/mol. The van der Waals surface area contributed by atoms with Gasteiger partial charge in [0, 0.05) is 11.1 Å². The van der Waals surface area contributed by atoms with Gasteiger partial charge in [0.15, 0.2) is 11.5 Å². The van der Waals surface area contributed by atoms with Gasteiger partial charge in [-0.25, -0.2) is 5.84 Å². The lowest BCUT2D eigenvalue weighted by Crippen LogP contribution is -2.30. The van der Waals surface area contributed by atoms with Crippen LogP contribution in [0.5, 0.6) is 0 Å². The van der Waals surface area contributed by atoms with E-state index in [0.29, 0.717) is 18.8 Å². The summed E-state index contributed by atoms with van der Waals surface area (Å²) in [4.78, 5) is 11.6. The zero-order chi connectivity index (χ0) is 14.9. The number of nitrogens with two attached hydrogens (primary N) is 1. The molecule has 1 saturated heterocycles. The molecular formula is C15H16N2O4. The fourth-order valence-corrected chi connectivity index (χ4v) is 2.41. The van der Waals surface area contributed by atoms with Gasteiger partial charge in [-0.05, 0) is 18.6 Å². The van der Waals surface area contributed by atoms with Crippen molar-refractivity contribution < 1.29 is 18.7 Å². The third-order valence-corrected chi connectivity index (χ3v) is 3.56. The number of furan rings is 1. The zero-order valence-corrected chi connectivity index (χ0v) is 11.6. The molecule has 1 amide bonds. The lowest BCUT2D eigenvalue weighted by atomic mass is 10.0. The number of hydrazine groups is 1. The van der Waals surface area contributed by atoms with Gasteiger partial charge in [0.05, 0.1) is 19.5 Å². The van der Waals surface area contributed by atoms with Crippen molar-refractivity contribution in [2.75, 3.05) is 13.2 Å². The van der Waals surface area contributed by atoms with E-state index in [0.717, 1.165) is 11.1 Å². The Balaban J connectivity index is 1.91. The first kappa shape index (κ1) is 13.8. The maximum atomic E-state index is 11.6. The Labute approximate surface area is 121 Å². The molecule has 3 rings (SSSR count). The molecule has 1 aromatic carbocycles. The monoisotopic (exact) mass is 288 g/mol. The number of hydrogen-bond donors (Lipinski definition) is 2. The van der Waals surface area contributed by atoms with Crippen LogP contribution in [0.25, 0.3) is 11.1 Å². The molecule has 0 radical (unpaired) electrons. The Morgan fingerprint density at radius 2 is 1.86 bits per heavy atom. The third-order valence-electron chi connectivity index (χ3n) is 3.56. The molecule has 1 aromatic heterocycles. The molecule has 0 spiro atoms. The number of benzene rings is 1. The molecule has 110 valence electrons. The van der Waals surface area contributed by atoms with Gasteiger partial charge in [0.1, 0.15) is 0 Å². The summed E-state index contributed by atoms with van der Waals surface area (Å²) in [6.45, 7) is 3.06. The van der Waals surface area contributed by atoms with E-state index in [4.69, 9.17) is 19.7 Å². The summed E-state index contributed by atoms with van der Waals surface area (Å²) in [5, 5.41) is 0. The molecule has 3 N–H and O–H groups in total. The Hall–Kier alpha value is -2.15. The van der Waals surface area contributed by atoms with E-state index in [1.54, 1.807) is 6.07 Å². The van der Waals surface area contributed by atoms with Gasteiger partial charge in [-0.1, -0.05) is 24.3 Å². The first-order valence-electron chi connectivity index (χ1n) is 6.61. The average molecular weight is 288 g/mol. The highest BCUT2D eigenvalue weighted by Crippen LogP contribution is 2.33. The van der Waals surface area contributed by atoms with Crippen LogP contribution >= 0.6 is 0 Å². The molecule has 2 aromatic rings. The Morgan fingerprint density at radius 1 is 1.19 bits per heavy atom. The van der Waals surface area contributed by atoms with E-state index in [9.17, 15) is 4.79 Å². The van der Waals surface area contributed by atoms with Crippen molar-refractivity contribution in [1.29, 1.82) is 0 Å². The van der Waals surface area contributed by atoms with E-state index in [2.05, 4.69) is 5.43 Å². The number of nitrogens with one attached hydrogen (secondary N) is 1. The summed E-state index contributed by atoms with van der Waals surface area (Å²) < 4.78 is 16.4. The van der Waals surface area contributed by atoms with Gasteiger partial charge in [0.25, 0.3) is 0 Å². The first-order valence-corrected chi connectivity index (χ1v) is 6.61. The van der Waals surface area contributed by atoms with Crippen molar-refractivity contribution in [2.24, 2.45) is 5.84 Å². The summed E-state index contributed by atoms with van der Waals surface area (Å²) >= 11 is 0. The number of carbonyl (C=O) groups is 1. The number of rotatable bonds is 3. The SMILES string of the molecule is CC1(c2ccc(-c3ccoc3C(=O)NN)cc2)OCCO1. The van der Waals surface area contributed by atoms with Crippen LogP contribution in [-0.4, -0.2) is 19.1 Å². The van der Waals surface area contributed by atoms with Crippen molar-refractivity contribution in [2.45, 2.75) is 12.7 Å². The molecule has 2 heterocycles. The van der Waals surface area contributed by atoms with Gasteiger partial charge >= 0.3 is 5.91 Å². The third kappa shape index (κ3) is 2.44. The lowest BCUT2D eigenvalue weighted by Gasteiger charge is -2.22. The second kappa shape index (κ2) is 5.33. The minimum Gasteiger partial charge on any atom is -0.458 e. The molecule has 0 bridgehead atoms. The number of carbonyl (C=O) groups excluding carboxylic acids is 1. The number of amides is 1. The topological polar surface area (TPSA) is 86.7 Å². The van der Waals surface area contributed by atoms with E-state index in [-0.39, 0.29) is 5.76 Å². The van der Waals surface area contributed by atoms with Gasteiger partial charge in [-0.3, -0.25) is 10.2 Å². The number of hydrogen-bond acceptors (Lipinski definition) is 5. The van der Waals surface area contributed by atoms with Crippen LogP contribution in [0.4, 0.5) is 0 Å². The second-order valence-corrected chi connectivity index (χ2v) is 4.86. The average Bonchev–Trinajstić information content (AvgIpc) is 3.16. The highest BCUT2D eigenvalue weighted by molar-refractivity contribution is 5.97. The largest absolute Gasteiger partial charge is 0.458 e. The molecule has 6 nitrogen and oxygen atoms in total. The van der Waals surface area contributed by atoms with E-state index in [1.807, 2.05) is 31.2 Å². The maximum Gasteiger partial charge on any atom is 0.301 e. The highest BCUT2D eigenvalue weighted by Gasteiger charge is 2.33. The molecule has 0 aliphatic carbocycles. The van der Waals surface area contributed by atoms with Crippen molar-refractivity contribution in [3.8, 4) is 11.1 Å². The minimum absolute atomic E-state index is 0.185. The molecule has 21 heavy (non-hydrogen) atoms. The van der Waals surface area contributed by atoms with Crippen molar-refractivity contribution >= 4 is 5.91 Å². The summed E-state index contributed by atoms with van der Waals surface area (Å²) in [6.07, 6.45) is 1.46. The van der Waals surface area contributed by atoms with Crippen molar-refractivity contribution in [3.63, 3.8) is 0 Å². The molecule has 0 saturated carbocycles. The predicted octanol–water partition coefficient (Wildman–Crippen LogP) is 1.77. The van der Waals surface area contributed by atoms with Gasteiger partial charge in [-0.2, -0.15) is 0 Å². The van der Waals surface area contributed by atoms with Gasteiger partial charge < -0.3 is 13.9 Å². The summed E-state index contributed by atoms with van der Waals surface area (Å²) in [5.41, 5.74) is 4.53. The van der Waals surface area contributed by atoms with Gasteiger partial charge in [0.2, 0.25) is 0 Å². The summed E-state index contributed by atoms with van der Waals surface area (Å²) in [6, 6.07) is 9.34. The van der Waals surface area contributed by atoms with E-state index < -0.39 is 11.7 Å². The Kier molecular flexibility index (Phi) is 3.50. The lowest BCUT2D eigenvalue weighted by molar-refractivity contribution is -0.149. The smallest absolute Gasteiger partial charge is 0.301 e. The van der Waals surface area contributed by atoms with E-state index in [1.165, 1.54) is 6.26 Å². The van der Waals surface area contributed by atoms with Crippen LogP contribution in [0.15, 0.2) is 41.0 Å². The van der Waals surface area contributed by atoms with Crippen LogP contribution < -0.4 is 11.3 Å². The minimum atomic E-state index is -0.702. The molecule has 1 fully saturated rings. The van der Waals surface area contributed by atoms with Crippen LogP contribution in [0.3, 0.4) is 0 Å². The summed E-state index contributed by atoms with van der Waals surface area (Å²) in [7, 11) is 0. The second-order valence-electron chi connectivity index (χ2n) is 4.86. The number of ether oxygens (including phenoxy) is 2. The molecule has 0 unspecified atom stereocenters. The quantitative estimate of drug-likeness (QED) is 0.510. The number of nitrogen functional groups attached to an aromatic ring is 1. The normalized spacial score (nSPS) is 16.9. The van der Waals surface area contributed by atoms with E-state index >= 15 is 0 Å². The fraction of sp³-hybridized carbons (Fsp3) is 0.267. The highest BCUT2D eigenvalue weighted by atomic mass is 16.7. The zero-order valence-electron chi connectivity index (χ0n) is 11.6. The van der Waals surface area contributed by atoms with Gasteiger partial charge in [-0.15, -0.1) is 0 Å². The standard InChI is InChI=1S/C15H16N2O4/c1-15(20-8-9-21-15)11-4-2-10(3-5-11)12-6-7-19-13(12)14(18)17-16/h2-7H,8-9,16H2,1H3,(H,17,18). The molecule has 1 aliphatic heterocycles. The molecule has 1 aliphatic rings. The fourth-order valence-electron chi connectivity index (χ4n) is 2.41. The molecular weight excluding hydrogens is 272 g/mol. The molecule has 0 atom stereocenters. The van der Waals surface area contributed by atoms with Crippen molar-refractivity contribution in [3.05, 3.63) is 47.9 Å². The molecule has 6 heteroatoms. The summed E-state index contributed by atoms with van der Waals surface area (Å²) in [5.74, 6) is 4.16. The van der Waals surface area contributed by atoms with Crippen LogP contribution in [-0.2, 0) is 15.3 Å². The first-order chi connectivity index (χ1) is 10.1. The van der Waals surface area contributed by atoms with Crippen LogP contribution in [0.2, 0.25) is 0 Å². The Bertz CT molecular complexity index is 642.